The molecule has 0 radical (unpaired) electrons. The van der Waals surface area contributed by atoms with Crippen LogP contribution in [0.25, 0.3) is 11.5 Å². The Labute approximate surface area is 98.7 Å². The van der Waals surface area contributed by atoms with Crippen LogP contribution in [-0.2, 0) is 0 Å². The molecule has 0 fully saturated rings. The van der Waals surface area contributed by atoms with Crippen LogP contribution in [0.2, 0.25) is 0 Å². The zero-order valence-corrected chi connectivity index (χ0v) is 9.71. The summed E-state index contributed by atoms with van der Waals surface area (Å²) in [5.74, 6) is 1.62. The molecule has 2 heterocycles. The molecule has 0 aliphatic rings. The lowest BCUT2D eigenvalue weighted by Gasteiger charge is -2.12. The maximum Gasteiger partial charge on any atom is 0.261 e. The standard InChI is InChI=1S/C11H14N4O2/c1-7(6-16)13-10-9(4-3-5-12-10)11-14-8(2)15-17-11/h3-5,7,16H,6H2,1-2H3,(H,12,13)/t7-/m0/s1. The number of rotatable bonds is 4. The fraction of sp³-hybridized carbons (Fsp3) is 0.364. The number of pyridine rings is 1. The Balaban J connectivity index is 2.33. The summed E-state index contributed by atoms with van der Waals surface area (Å²) >= 11 is 0. The molecule has 0 aliphatic heterocycles. The van der Waals surface area contributed by atoms with Gasteiger partial charge in [-0.3, -0.25) is 0 Å². The number of aliphatic hydroxyl groups is 1. The third-order valence-electron chi connectivity index (χ3n) is 2.22. The van der Waals surface area contributed by atoms with Gasteiger partial charge in [0.2, 0.25) is 0 Å². The fourth-order valence-electron chi connectivity index (χ4n) is 1.38. The highest BCUT2D eigenvalue weighted by atomic mass is 16.5. The molecule has 2 rings (SSSR count). The van der Waals surface area contributed by atoms with Crippen LogP contribution in [0.5, 0.6) is 0 Å². The van der Waals surface area contributed by atoms with E-state index in [2.05, 4.69) is 20.4 Å². The molecule has 2 aromatic heterocycles. The van der Waals surface area contributed by atoms with Gasteiger partial charge in [0, 0.05) is 12.2 Å². The van der Waals surface area contributed by atoms with E-state index in [0.29, 0.717) is 17.5 Å². The number of nitrogens with zero attached hydrogens (tertiary/aromatic N) is 3. The first-order valence-corrected chi connectivity index (χ1v) is 5.34. The van der Waals surface area contributed by atoms with E-state index >= 15 is 0 Å². The summed E-state index contributed by atoms with van der Waals surface area (Å²) in [4.78, 5) is 8.36. The second kappa shape index (κ2) is 4.92. The van der Waals surface area contributed by atoms with Gasteiger partial charge in [-0.15, -0.1) is 0 Å². The van der Waals surface area contributed by atoms with Crippen molar-refractivity contribution in [3.05, 3.63) is 24.2 Å². The smallest absolute Gasteiger partial charge is 0.261 e. The van der Waals surface area contributed by atoms with Crippen LogP contribution in [0.3, 0.4) is 0 Å². The largest absolute Gasteiger partial charge is 0.394 e. The van der Waals surface area contributed by atoms with E-state index in [0.717, 1.165) is 5.56 Å². The van der Waals surface area contributed by atoms with Crippen LogP contribution >= 0.6 is 0 Å². The van der Waals surface area contributed by atoms with E-state index in [1.165, 1.54) is 0 Å². The van der Waals surface area contributed by atoms with Crippen LogP contribution in [0.4, 0.5) is 5.82 Å². The molecule has 0 bridgehead atoms. The first-order valence-electron chi connectivity index (χ1n) is 5.34. The quantitative estimate of drug-likeness (QED) is 0.827. The van der Waals surface area contributed by atoms with Gasteiger partial charge in [0.1, 0.15) is 5.82 Å². The van der Waals surface area contributed by atoms with Crippen molar-refractivity contribution < 1.29 is 9.63 Å². The van der Waals surface area contributed by atoms with E-state index < -0.39 is 0 Å². The van der Waals surface area contributed by atoms with Gasteiger partial charge in [-0.25, -0.2) is 4.98 Å². The zero-order valence-electron chi connectivity index (χ0n) is 9.71. The van der Waals surface area contributed by atoms with Crippen LogP contribution < -0.4 is 5.32 Å². The number of nitrogens with one attached hydrogen (secondary N) is 1. The van der Waals surface area contributed by atoms with Gasteiger partial charge >= 0.3 is 0 Å². The first kappa shape index (κ1) is 11.5. The Morgan fingerprint density at radius 1 is 1.53 bits per heavy atom. The maximum absolute atomic E-state index is 9.02. The summed E-state index contributed by atoms with van der Waals surface area (Å²) in [6, 6.07) is 3.54. The molecule has 2 N–H and O–H groups in total. The summed E-state index contributed by atoms with van der Waals surface area (Å²) in [6.45, 7) is 3.64. The molecular weight excluding hydrogens is 220 g/mol. The van der Waals surface area contributed by atoms with Gasteiger partial charge in [0.05, 0.1) is 12.2 Å². The lowest BCUT2D eigenvalue weighted by Crippen LogP contribution is -2.20. The lowest BCUT2D eigenvalue weighted by atomic mass is 10.2. The Bertz CT molecular complexity index is 498. The molecular formula is C11H14N4O2. The third kappa shape index (κ3) is 2.59. The van der Waals surface area contributed by atoms with Crippen LogP contribution in [0, 0.1) is 6.92 Å². The molecule has 0 unspecified atom stereocenters. The normalized spacial score (nSPS) is 12.4. The second-order valence-corrected chi connectivity index (χ2v) is 3.77. The highest BCUT2D eigenvalue weighted by molar-refractivity contribution is 5.68. The lowest BCUT2D eigenvalue weighted by molar-refractivity contribution is 0.281. The zero-order chi connectivity index (χ0) is 12.3. The molecule has 0 spiro atoms. The minimum Gasteiger partial charge on any atom is -0.394 e. The van der Waals surface area contributed by atoms with Crippen LogP contribution in [-0.4, -0.2) is 32.9 Å². The summed E-state index contributed by atoms with van der Waals surface area (Å²) < 4.78 is 5.10. The van der Waals surface area contributed by atoms with Crippen molar-refractivity contribution in [2.75, 3.05) is 11.9 Å². The summed E-state index contributed by atoms with van der Waals surface area (Å²) in [5, 5.41) is 15.8. The van der Waals surface area contributed by atoms with Crippen molar-refractivity contribution in [3.63, 3.8) is 0 Å². The Kier molecular flexibility index (Phi) is 3.34. The SMILES string of the molecule is Cc1noc(-c2cccnc2N[C@@H](C)CO)n1. The molecule has 0 amide bonds. The molecule has 0 saturated carbocycles. The van der Waals surface area contributed by atoms with Crippen molar-refractivity contribution in [3.8, 4) is 11.5 Å². The van der Waals surface area contributed by atoms with Crippen LogP contribution in [0.15, 0.2) is 22.9 Å². The summed E-state index contributed by atoms with van der Waals surface area (Å²) in [5.41, 5.74) is 0.730. The molecule has 6 nitrogen and oxygen atoms in total. The monoisotopic (exact) mass is 234 g/mol. The Hall–Kier alpha value is -1.95. The van der Waals surface area contributed by atoms with Crippen molar-refractivity contribution >= 4 is 5.82 Å². The molecule has 17 heavy (non-hydrogen) atoms. The number of hydrogen-bond donors (Lipinski definition) is 2. The molecule has 2 aromatic rings. The number of aliphatic hydroxyl groups excluding tert-OH is 1. The van der Waals surface area contributed by atoms with Crippen molar-refractivity contribution in [1.82, 2.24) is 15.1 Å². The van der Waals surface area contributed by atoms with E-state index in [-0.39, 0.29) is 12.6 Å². The first-order chi connectivity index (χ1) is 8.20. The third-order valence-corrected chi connectivity index (χ3v) is 2.22. The van der Waals surface area contributed by atoms with E-state index in [4.69, 9.17) is 9.63 Å². The minimum absolute atomic E-state index is 0.0267. The Morgan fingerprint density at radius 2 is 2.35 bits per heavy atom. The second-order valence-electron chi connectivity index (χ2n) is 3.77. The van der Waals surface area contributed by atoms with Crippen molar-refractivity contribution in [2.24, 2.45) is 0 Å². The number of aromatic nitrogens is 3. The van der Waals surface area contributed by atoms with Gasteiger partial charge in [-0.05, 0) is 26.0 Å². The van der Waals surface area contributed by atoms with Gasteiger partial charge in [0.25, 0.3) is 5.89 Å². The number of aryl methyl sites for hydroxylation is 1. The fourth-order valence-corrected chi connectivity index (χ4v) is 1.38. The van der Waals surface area contributed by atoms with E-state index in [1.807, 2.05) is 13.0 Å². The minimum atomic E-state index is -0.0901. The van der Waals surface area contributed by atoms with Gasteiger partial charge in [-0.2, -0.15) is 4.98 Å². The molecule has 1 atom stereocenters. The topological polar surface area (TPSA) is 84.1 Å². The summed E-state index contributed by atoms with van der Waals surface area (Å²) in [7, 11) is 0. The van der Waals surface area contributed by atoms with Gasteiger partial charge < -0.3 is 14.9 Å². The van der Waals surface area contributed by atoms with E-state index in [9.17, 15) is 0 Å². The average Bonchev–Trinajstić information content (AvgIpc) is 2.76. The van der Waals surface area contributed by atoms with Gasteiger partial charge in [-0.1, -0.05) is 5.16 Å². The van der Waals surface area contributed by atoms with Gasteiger partial charge in [0.15, 0.2) is 5.82 Å². The highest BCUT2D eigenvalue weighted by Gasteiger charge is 2.13. The van der Waals surface area contributed by atoms with Crippen LogP contribution in [0.1, 0.15) is 12.7 Å². The highest BCUT2D eigenvalue weighted by Crippen LogP contribution is 2.24. The maximum atomic E-state index is 9.02. The van der Waals surface area contributed by atoms with E-state index in [1.54, 1.807) is 19.2 Å². The predicted molar refractivity (Wildman–Crippen MR) is 62.4 cm³/mol. The average molecular weight is 234 g/mol. The molecule has 0 saturated heterocycles. The Morgan fingerprint density at radius 3 is 3.00 bits per heavy atom. The number of hydrogen-bond acceptors (Lipinski definition) is 6. The summed E-state index contributed by atoms with van der Waals surface area (Å²) in [6.07, 6.45) is 1.67. The van der Waals surface area contributed by atoms with Crippen molar-refractivity contribution in [2.45, 2.75) is 19.9 Å². The molecule has 6 heteroatoms. The van der Waals surface area contributed by atoms with Crippen molar-refractivity contribution in [1.29, 1.82) is 0 Å². The molecule has 0 aliphatic carbocycles. The predicted octanol–water partition coefficient (Wildman–Crippen LogP) is 1.23. The molecule has 0 aromatic carbocycles. The molecule has 90 valence electrons. The number of anilines is 1.